The van der Waals surface area contributed by atoms with E-state index in [9.17, 15) is 9.50 Å². The molecule has 1 aromatic rings. The van der Waals surface area contributed by atoms with E-state index >= 15 is 0 Å². The number of nitrogens with zero attached hydrogens (tertiary/aromatic N) is 2. The number of rotatable bonds is 6. The lowest BCUT2D eigenvalue weighted by Crippen LogP contribution is -2.49. The second-order valence-electron chi connectivity index (χ2n) is 9.29. The maximum absolute atomic E-state index is 13.1. The highest BCUT2D eigenvalue weighted by Crippen LogP contribution is 2.39. The number of hydrogen-bond donors (Lipinski definition) is 1. The van der Waals surface area contributed by atoms with Crippen LogP contribution in [0.4, 0.5) is 10.1 Å². The number of β-amino-alcohol motifs (C(OH)–C–C–N with tert-alkyl or cyclic N) is 1. The molecule has 3 atom stereocenters. The number of aliphatic hydroxyl groups excluding tert-OH is 1. The van der Waals surface area contributed by atoms with E-state index in [2.05, 4.69) is 30.6 Å². The van der Waals surface area contributed by atoms with E-state index in [-0.39, 0.29) is 11.9 Å². The van der Waals surface area contributed by atoms with Crippen molar-refractivity contribution in [2.45, 2.75) is 52.2 Å². The van der Waals surface area contributed by atoms with Crippen LogP contribution in [0.15, 0.2) is 24.3 Å². The second kappa shape index (κ2) is 8.89. The fourth-order valence-corrected chi connectivity index (χ4v) is 4.82. The average Bonchev–Trinajstić information content (AvgIpc) is 2.60. The Morgan fingerprint density at radius 1 is 1.15 bits per heavy atom. The van der Waals surface area contributed by atoms with E-state index in [0.717, 1.165) is 44.7 Å². The molecular weight excluding hydrogens is 343 g/mol. The zero-order chi connectivity index (χ0) is 19.4. The number of benzene rings is 1. The zero-order valence-corrected chi connectivity index (χ0v) is 17.0. The minimum absolute atomic E-state index is 0.198. The fourth-order valence-electron chi connectivity index (χ4n) is 4.82. The second-order valence-corrected chi connectivity index (χ2v) is 9.29. The highest BCUT2D eigenvalue weighted by Gasteiger charge is 2.32. The Kier molecular flexibility index (Phi) is 6.77. The molecule has 3 rings (SSSR count). The number of hydrogen-bond acceptors (Lipinski definition) is 4. The van der Waals surface area contributed by atoms with Crippen LogP contribution < -0.4 is 4.90 Å². The van der Waals surface area contributed by atoms with Crippen molar-refractivity contribution in [2.24, 2.45) is 11.3 Å². The summed E-state index contributed by atoms with van der Waals surface area (Å²) in [4.78, 5) is 4.56. The van der Waals surface area contributed by atoms with Crippen molar-refractivity contribution in [3.8, 4) is 0 Å². The molecule has 0 aromatic heterocycles. The number of aliphatic hydroxyl groups is 1. The van der Waals surface area contributed by atoms with Gasteiger partial charge in [-0.25, -0.2) is 4.39 Å². The van der Waals surface area contributed by atoms with Gasteiger partial charge < -0.3 is 14.7 Å². The van der Waals surface area contributed by atoms with Crippen LogP contribution in [0.2, 0.25) is 0 Å². The molecule has 152 valence electrons. The number of anilines is 1. The minimum Gasteiger partial charge on any atom is -0.389 e. The highest BCUT2D eigenvalue weighted by molar-refractivity contribution is 5.46. The molecule has 1 N–H and O–H groups in total. The third kappa shape index (κ3) is 6.16. The Hall–Kier alpha value is -1.17. The first-order valence-electron chi connectivity index (χ1n) is 10.3. The van der Waals surface area contributed by atoms with Gasteiger partial charge in [-0.15, -0.1) is 0 Å². The van der Waals surface area contributed by atoms with E-state index in [1.165, 1.54) is 18.6 Å². The summed E-state index contributed by atoms with van der Waals surface area (Å²) in [5.74, 6) is 0.492. The lowest BCUT2D eigenvalue weighted by Gasteiger charge is -2.39. The maximum atomic E-state index is 13.1. The Bertz CT molecular complexity index is 584. The van der Waals surface area contributed by atoms with Crippen molar-refractivity contribution >= 4 is 5.69 Å². The van der Waals surface area contributed by atoms with Crippen LogP contribution in [0.25, 0.3) is 0 Å². The van der Waals surface area contributed by atoms with E-state index in [0.29, 0.717) is 24.5 Å². The quantitative estimate of drug-likeness (QED) is 0.821. The smallest absolute Gasteiger partial charge is 0.123 e. The molecule has 1 heterocycles. The first-order chi connectivity index (χ1) is 12.8. The molecule has 1 aromatic carbocycles. The van der Waals surface area contributed by atoms with Crippen molar-refractivity contribution in [3.63, 3.8) is 0 Å². The molecule has 4 nitrogen and oxygen atoms in total. The van der Waals surface area contributed by atoms with Crippen molar-refractivity contribution in [1.82, 2.24) is 4.90 Å². The third-order valence-electron chi connectivity index (χ3n) is 5.90. The Morgan fingerprint density at radius 3 is 2.44 bits per heavy atom. The maximum Gasteiger partial charge on any atom is 0.123 e. The first-order valence-corrected chi connectivity index (χ1v) is 10.3. The monoisotopic (exact) mass is 378 g/mol. The summed E-state index contributed by atoms with van der Waals surface area (Å²) in [7, 11) is 0. The first kappa shape index (κ1) is 20.6. The van der Waals surface area contributed by atoms with E-state index in [1.54, 1.807) is 0 Å². The number of halogens is 1. The largest absolute Gasteiger partial charge is 0.389 e. The Labute approximate surface area is 163 Å². The molecule has 1 saturated carbocycles. The Balaban J connectivity index is 1.38. The SMILES string of the molecule is C[C@@H]1C[C@H](OC[C@H](O)CN2CCN(c3ccc(F)cc3)CC2)CC(C)(C)C1. The molecule has 2 fully saturated rings. The van der Waals surface area contributed by atoms with Gasteiger partial charge in [-0.3, -0.25) is 4.90 Å². The molecule has 0 amide bonds. The van der Waals surface area contributed by atoms with Crippen LogP contribution in [0.3, 0.4) is 0 Å². The summed E-state index contributed by atoms with van der Waals surface area (Å²) >= 11 is 0. The van der Waals surface area contributed by atoms with Gasteiger partial charge in [0.25, 0.3) is 0 Å². The number of piperazine rings is 1. The van der Waals surface area contributed by atoms with E-state index < -0.39 is 6.10 Å². The van der Waals surface area contributed by atoms with Crippen molar-refractivity contribution in [2.75, 3.05) is 44.2 Å². The van der Waals surface area contributed by atoms with Gasteiger partial charge >= 0.3 is 0 Å². The van der Waals surface area contributed by atoms with Gasteiger partial charge in [-0.05, 0) is 54.9 Å². The van der Waals surface area contributed by atoms with Gasteiger partial charge in [0.15, 0.2) is 0 Å². The molecule has 0 bridgehead atoms. The topological polar surface area (TPSA) is 35.9 Å². The zero-order valence-electron chi connectivity index (χ0n) is 17.0. The van der Waals surface area contributed by atoms with Crippen molar-refractivity contribution < 1.29 is 14.2 Å². The van der Waals surface area contributed by atoms with Crippen molar-refractivity contribution in [3.05, 3.63) is 30.1 Å². The van der Waals surface area contributed by atoms with Crippen LogP contribution >= 0.6 is 0 Å². The molecule has 1 aliphatic heterocycles. The summed E-state index contributed by atoms with van der Waals surface area (Å²) in [6, 6.07) is 6.69. The molecule has 0 spiro atoms. The van der Waals surface area contributed by atoms with E-state index in [4.69, 9.17) is 4.74 Å². The van der Waals surface area contributed by atoms with Crippen LogP contribution in [-0.2, 0) is 4.74 Å². The molecule has 0 unspecified atom stereocenters. The molecule has 1 aliphatic carbocycles. The highest BCUT2D eigenvalue weighted by atomic mass is 19.1. The summed E-state index contributed by atoms with van der Waals surface area (Å²) in [5, 5.41) is 10.4. The third-order valence-corrected chi connectivity index (χ3v) is 5.90. The molecule has 0 radical (unpaired) electrons. The number of ether oxygens (including phenoxy) is 1. The van der Waals surface area contributed by atoms with Gasteiger partial charge in [-0.2, -0.15) is 0 Å². The average molecular weight is 379 g/mol. The van der Waals surface area contributed by atoms with Gasteiger partial charge in [-0.1, -0.05) is 20.8 Å². The van der Waals surface area contributed by atoms with Crippen LogP contribution in [0.1, 0.15) is 40.0 Å². The van der Waals surface area contributed by atoms with Crippen molar-refractivity contribution in [1.29, 1.82) is 0 Å². The minimum atomic E-state index is -0.442. The molecular formula is C22H35FN2O2. The van der Waals surface area contributed by atoms with E-state index in [1.807, 2.05) is 12.1 Å². The van der Waals surface area contributed by atoms with Gasteiger partial charge in [0.2, 0.25) is 0 Å². The summed E-state index contributed by atoms with van der Waals surface area (Å²) in [5.41, 5.74) is 1.40. The van der Waals surface area contributed by atoms with Crippen LogP contribution in [0.5, 0.6) is 0 Å². The van der Waals surface area contributed by atoms with Gasteiger partial charge in [0, 0.05) is 38.4 Å². The molecule has 2 aliphatic rings. The normalized spacial score (nSPS) is 27.5. The van der Waals surface area contributed by atoms with Gasteiger partial charge in [0.1, 0.15) is 5.82 Å². The molecule has 5 heteroatoms. The fraction of sp³-hybridized carbons (Fsp3) is 0.727. The molecule has 1 saturated heterocycles. The molecule has 27 heavy (non-hydrogen) atoms. The predicted molar refractivity (Wildman–Crippen MR) is 108 cm³/mol. The van der Waals surface area contributed by atoms with Crippen LogP contribution in [-0.4, -0.2) is 61.5 Å². The summed E-state index contributed by atoms with van der Waals surface area (Å²) < 4.78 is 19.1. The predicted octanol–water partition coefficient (Wildman–Crippen LogP) is 3.54. The van der Waals surface area contributed by atoms with Crippen LogP contribution in [0, 0.1) is 17.2 Å². The van der Waals surface area contributed by atoms with Gasteiger partial charge in [0.05, 0.1) is 18.8 Å². The lowest BCUT2D eigenvalue weighted by atomic mass is 9.71. The summed E-state index contributed by atoms with van der Waals surface area (Å²) in [6.07, 6.45) is 3.28. The standard InChI is InChI=1S/C22H35FN2O2/c1-17-12-21(14-22(2,3)13-17)27-16-20(26)15-24-8-10-25(11-9-24)19-6-4-18(23)5-7-19/h4-7,17,20-21,26H,8-16H2,1-3H3/t17-,20-,21+/m1/s1. The Morgan fingerprint density at radius 2 is 1.81 bits per heavy atom. The summed E-state index contributed by atoms with van der Waals surface area (Å²) in [6.45, 7) is 11.6. The lowest BCUT2D eigenvalue weighted by molar-refractivity contribution is -0.0615.